The predicted molar refractivity (Wildman–Crippen MR) is 133 cm³/mol. The van der Waals surface area contributed by atoms with Crippen LogP contribution >= 0.6 is 0 Å². The van der Waals surface area contributed by atoms with E-state index in [4.69, 9.17) is 0 Å². The first-order chi connectivity index (χ1) is 14.8. The van der Waals surface area contributed by atoms with Crippen LogP contribution in [-0.2, 0) is 17.3 Å². The van der Waals surface area contributed by atoms with Gasteiger partial charge in [-0.15, -0.1) is 0 Å². The Balaban J connectivity index is 1.64. The number of unbranched alkanes of at least 4 members (excludes halogenated alkanes) is 7. The number of benzene rings is 3. The van der Waals surface area contributed by atoms with E-state index >= 15 is 0 Å². The highest BCUT2D eigenvalue weighted by Gasteiger charge is 2.29. The van der Waals surface area contributed by atoms with Crippen molar-refractivity contribution in [2.75, 3.05) is 0 Å². The summed E-state index contributed by atoms with van der Waals surface area (Å²) in [4.78, 5) is 4.23. The van der Waals surface area contributed by atoms with Gasteiger partial charge in [0.15, 0.2) is 14.7 Å². The summed E-state index contributed by atoms with van der Waals surface area (Å²) < 4.78 is 0. The summed E-state index contributed by atoms with van der Waals surface area (Å²) in [7, 11) is -0.0475. The highest BCUT2D eigenvalue weighted by molar-refractivity contribution is 7.97. The topological polar surface area (TPSA) is 0 Å². The molecule has 0 bridgehead atoms. The molecule has 1 heteroatoms. The lowest BCUT2D eigenvalue weighted by molar-refractivity contribution is 0.575. The van der Waals surface area contributed by atoms with Crippen molar-refractivity contribution in [1.82, 2.24) is 0 Å². The second kappa shape index (κ2) is 12.6. The van der Waals surface area contributed by atoms with E-state index < -0.39 is 0 Å². The van der Waals surface area contributed by atoms with E-state index in [-0.39, 0.29) is 10.9 Å². The maximum absolute atomic E-state index is 2.43. The zero-order valence-electron chi connectivity index (χ0n) is 18.8. The first-order valence-corrected chi connectivity index (χ1v) is 13.0. The fourth-order valence-corrected chi connectivity index (χ4v) is 6.29. The molecule has 0 radical (unpaired) electrons. The number of hydrogen-bond acceptors (Lipinski definition) is 0. The molecule has 0 atom stereocenters. The molecule has 0 fully saturated rings. The molecule has 0 aliphatic carbocycles. The first-order valence-electron chi connectivity index (χ1n) is 11.7. The van der Waals surface area contributed by atoms with Crippen LogP contribution in [0.15, 0.2) is 93.5 Å². The zero-order valence-corrected chi connectivity index (χ0v) is 19.6. The van der Waals surface area contributed by atoms with Crippen molar-refractivity contribution in [1.29, 1.82) is 0 Å². The molecule has 0 nitrogen and oxygen atoms in total. The van der Waals surface area contributed by atoms with Crippen LogP contribution in [0.3, 0.4) is 0 Å². The molecule has 30 heavy (non-hydrogen) atoms. The Morgan fingerprint density at radius 3 is 1.67 bits per heavy atom. The van der Waals surface area contributed by atoms with Gasteiger partial charge in [0, 0.05) is 5.56 Å². The molecule has 0 aromatic heterocycles. The van der Waals surface area contributed by atoms with Gasteiger partial charge in [0.25, 0.3) is 0 Å². The summed E-state index contributed by atoms with van der Waals surface area (Å²) in [5, 5.41) is 0. The van der Waals surface area contributed by atoms with Gasteiger partial charge in [0.2, 0.25) is 0 Å². The SMILES string of the molecule is CCCCCCCCCCc1ccc([S+](c2ccccc2)c2ccccc2)c(C)c1. The molecular weight excluding hydrogens is 380 g/mol. The molecule has 3 rings (SSSR count). The molecule has 158 valence electrons. The average Bonchev–Trinajstić information content (AvgIpc) is 2.79. The van der Waals surface area contributed by atoms with Crippen molar-refractivity contribution in [3.63, 3.8) is 0 Å². The van der Waals surface area contributed by atoms with Crippen molar-refractivity contribution >= 4 is 10.9 Å². The zero-order chi connectivity index (χ0) is 21.0. The van der Waals surface area contributed by atoms with Crippen LogP contribution < -0.4 is 0 Å². The average molecular weight is 418 g/mol. The third kappa shape index (κ3) is 6.77. The smallest absolute Gasteiger partial charge is 0.0654 e. The van der Waals surface area contributed by atoms with E-state index in [1.165, 1.54) is 83.6 Å². The molecule has 0 unspecified atom stereocenters. The summed E-state index contributed by atoms with van der Waals surface area (Å²) in [6, 6.07) is 29.1. The number of hydrogen-bond donors (Lipinski definition) is 0. The Morgan fingerprint density at radius 2 is 1.13 bits per heavy atom. The summed E-state index contributed by atoms with van der Waals surface area (Å²) in [5.41, 5.74) is 2.91. The third-order valence-electron chi connectivity index (χ3n) is 5.74. The molecule has 0 aliphatic heterocycles. The molecular formula is C29H37S+. The highest BCUT2D eigenvalue weighted by atomic mass is 32.2. The highest BCUT2D eigenvalue weighted by Crippen LogP contribution is 2.33. The molecule has 0 saturated heterocycles. The van der Waals surface area contributed by atoms with Crippen LogP contribution in [0.1, 0.15) is 69.4 Å². The van der Waals surface area contributed by atoms with Crippen LogP contribution in [0, 0.1) is 6.92 Å². The predicted octanol–water partition coefficient (Wildman–Crippen LogP) is 8.77. The number of aryl methyl sites for hydroxylation is 2. The lowest BCUT2D eigenvalue weighted by Crippen LogP contribution is -2.07. The van der Waals surface area contributed by atoms with Crippen molar-refractivity contribution in [2.45, 2.75) is 86.3 Å². The van der Waals surface area contributed by atoms with Gasteiger partial charge in [-0.3, -0.25) is 0 Å². The summed E-state index contributed by atoms with van der Waals surface area (Å²) in [6.07, 6.45) is 12.3. The largest absolute Gasteiger partial charge is 0.169 e. The Morgan fingerprint density at radius 1 is 0.600 bits per heavy atom. The first kappa shape index (κ1) is 22.7. The van der Waals surface area contributed by atoms with E-state index in [9.17, 15) is 0 Å². The van der Waals surface area contributed by atoms with Crippen molar-refractivity contribution in [2.24, 2.45) is 0 Å². The van der Waals surface area contributed by atoms with E-state index in [1.54, 1.807) is 0 Å². The maximum Gasteiger partial charge on any atom is 0.169 e. The molecule has 0 aliphatic rings. The minimum Gasteiger partial charge on any atom is -0.0654 e. The maximum atomic E-state index is 2.43. The van der Waals surface area contributed by atoms with Gasteiger partial charge in [-0.1, -0.05) is 100 Å². The Hall–Kier alpha value is -1.99. The molecule has 0 saturated carbocycles. The second-order valence-electron chi connectivity index (χ2n) is 8.26. The summed E-state index contributed by atoms with van der Waals surface area (Å²) in [6.45, 7) is 4.58. The lowest BCUT2D eigenvalue weighted by atomic mass is 10.0. The summed E-state index contributed by atoms with van der Waals surface area (Å²) in [5.74, 6) is 0. The van der Waals surface area contributed by atoms with Crippen LogP contribution in [0.2, 0.25) is 0 Å². The van der Waals surface area contributed by atoms with E-state index in [0.29, 0.717) is 0 Å². The van der Waals surface area contributed by atoms with Gasteiger partial charge < -0.3 is 0 Å². The molecule has 0 N–H and O–H groups in total. The lowest BCUT2D eigenvalue weighted by Gasteiger charge is -2.11. The Labute approximate surface area is 187 Å². The van der Waals surface area contributed by atoms with Crippen LogP contribution in [0.4, 0.5) is 0 Å². The van der Waals surface area contributed by atoms with Gasteiger partial charge in [0.05, 0.1) is 10.9 Å². The van der Waals surface area contributed by atoms with Crippen molar-refractivity contribution < 1.29 is 0 Å². The van der Waals surface area contributed by atoms with Crippen LogP contribution in [0.5, 0.6) is 0 Å². The quantitative estimate of drug-likeness (QED) is 0.204. The van der Waals surface area contributed by atoms with Gasteiger partial charge >= 0.3 is 0 Å². The van der Waals surface area contributed by atoms with Crippen LogP contribution in [-0.4, -0.2) is 0 Å². The Kier molecular flexibility index (Phi) is 9.57. The monoisotopic (exact) mass is 417 g/mol. The Bertz CT molecular complexity index is 815. The molecule has 0 amide bonds. The normalized spacial score (nSPS) is 11.2. The molecule has 0 heterocycles. The van der Waals surface area contributed by atoms with E-state index in [1.807, 2.05) is 0 Å². The molecule has 3 aromatic carbocycles. The fourth-order valence-electron chi connectivity index (χ4n) is 4.06. The minimum absolute atomic E-state index is 0.0475. The van der Waals surface area contributed by atoms with Crippen LogP contribution in [0.25, 0.3) is 0 Å². The molecule has 0 spiro atoms. The number of rotatable bonds is 12. The van der Waals surface area contributed by atoms with Crippen molar-refractivity contribution in [3.05, 3.63) is 90.0 Å². The second-order valence-corrected chi connectivity index (χ2v) is 10.3. The van der Waals surface area contributed by atoms with Gasteiger partial charge in [-0.2, -0.15) is 0 Å². The van der Waals surface area contributed by atoms with Gasteiger partial charge in [0.1, 0.15) is 0 Å². The van der Waals surface area contributed by atoms with E-state index in [0.717, 1.165) is 0 Å². The van der Waals surface area contributed by atoms with Gasteiger partial charge in [-0.05, 0) is 55.7 Å². The van der Waals surface area contributed by atoms with E-state index in [2.05, 4.69) is 92.7 Å². The standard InChI is InChI=1S/C29H37S/c1-3-4-5-6-7-8-9-12-17-26-22-23-29(25(2)24-26)30(27-18-13-10-14-19-27)28-20-15-11-16-21-28/h10-11,13-16,18-24H,3-9,12,17H2,1-2H3/q+1. The van der Waals surface area contributed by atoms with Gasteiger partial charge in [-0.25, -0.2) is 0 Å². The third-order valence-corrected chi connectivity index (χ3v) is 8.12. The minimum atomic E-state index is -0.0475. The molecule has 3 aromatic rings. The fraction of sp³-hybridized carbons (Fsp3) is 0.379. The summed E-state index contributed by atoms with van der Waals surface area (Å²) >= 11 is 0. The van der Waals surface area contributed by atoms with Crippen molar-refractivity contribution in [3.8, 4) is 0 Å².